The Hall–Kier alpha value is -2.45. The standard InChI is InChI=1S/C21H16OS/c1-2-8-16(9-3-1)15-23-20-13-7-6-12-19(20)21-18-11-5-4-10-17(18)14-22-21/h1-14H,15H2. The topological polar surface area (TPSA) is 13.1 Å². The first-order valence-corrected chi connectivity index (χ1v) is 8.63. The van der Waals surface area contributed by atoms with Gasteiger partial charge in [-0.3, -0.25) is 0 Å². The van der Waals surface area contributed by atoms with Crippen LogP contribution in [0, 0.1) is 0 Å². The molecule has 0 atom stereocenters. The Labute approximate surface area is 140 Å². The largest absolute Gasteiger partial charge is 0.463 e. The van der Waals surface area contributed by atoms with Gasteiger partial charge in [-0.2, -0.15) is 0 Å². The highest BCUT2D eigenvalue weighted by Crippen LogP contribution is 2.37. The summed E-state index contributed by atoms with van der Waals surface area (Å²) in [6.07, 6.45) is 1.84. The predicted octanol–water partition coefficient (Wildman–Crippen LogP) is 6.39. The molecule has 0 fully saturated rings. The van der Waals surface area contributed by atoms with Crippen LogP contribution < -0.4 is 0 Å². The van der Waals surface area contributed by atoms with Crippen molar-refractivity contribution in [2.75, 3.05) is 0 Å². The number of furan rings is 1. The van der Waals surface area contributed by atoms with Gasteiger partial charge < -0.3 is 4.42 Å². The van der Waals surface area contributed by atoms with Crippen LogP contribution in [0.3, 0.4) is 0 Å². The maximum Gasteiger partial charge on any atom is 0.142 e. The second-order valence-electron chi connectivity index (χ2n) is 5.42. The molecule has 2 heteroatoms. The molecule has 4 aromatic rings. The number of hydrogen-bond donors (Lipinski definition) is 0. The Bertz CT molecular complexity index is 925. The lowest BCUT2D eigenvalue weighted by molar-refractivity contribution is 0.586. The maximum absolute atomic E-state index is 5.88. The molecule has 0 bridgehead atoms. The van der Waals surface area contributed by atoms with E-state index < -0.39 is 0 Å². The van der Waals surface area contributed by atoms with Gasteiger partial charge in [0.05, 0.1) is 6.26 Å². The molecule has 1 heterocycles. The summed E-state index contributed by atoms with van der Waals surface area (Å²) in [5.41, 5.74) is 2.49. The predicted molar refractivity (Wildman–Crippen MR) is 97.7 cm³/mol. The summed E-state index contributed by atoms with van der Waals surface area (Å²) in [7, 11) is 0. The van der Waals surface area contributed by atoms with Crippen LogP contribution >= 0.6 is 11.8 Å². The van der Waals surface area contributed by atoms with E-state index in [2.05, 4.69) is 72.8 Å². The minimum atomic E-state index is 0.955. The van der Waals surface area contributed by atoms with Gasteiger partial charge in [0.25, 0.3) is 0 Å². The fourth-order valence-electron chi connectivity index (χ4n) is 2.72. The minimum absolute atomic E-state index is 0.955. The summed E-state index contributed by atoms with van der Waals surface area (Å²) in [6, 6.07) is 27.3. The van der Waals surface area contributed by atoms with Gasteiger partial charge in [0.2, 0.25) is 0 Å². The Morgan fingerprint density at radius 3 is 2.39 bits per heavy atom. The molecule has 1 nitrogen and oxygen atoms in total. The van der Waals surface area contributed by atoms with Crippen LogP contribution in [0.1, 0.15) is 5.56 Å². The molecule has 3 aromatic carbocycles. The van der Waals surface area contributed by atoms with Crippen molar-refractivity contribution in [3.63, 3.8) is 0 Å². The normalized spacial score (nSPS) is 11.0. The number of rotatable bonds is 4. The lowest BCUT2D eigenvalue weighted by atomic mass is 10.1. The van der Waals surface area contributed by atoms with Crippen molar-refractivity contribution < 1.29 is 4.42 Å². The molecule has 0 saturated carbocycles. The molecule has 0 amide bonds. The molecule has 0 saturated heterocycles. The van der Waals surface area contributed by atoms with Crippen LogP contribution in [0.4, 0.5) is 0 Å². The molecule has 0 aliphatic carbocycles. The quantitative estimate of drug-likeness (QED) is 0.404. The fraction of sp³-hybridized carbons (Fsp3) is 0.0476. The van der Waals surface area contributed by atoms with E-state index in [1.807, 2.05) is 24.1 Å². The Balaban J connectivity index is 1.70. The third-order valence-electron chi connectivity index (χ3n) is 3.88. The molecular formula is C21H16OS. The molecule has 1 aromatic heterocycles. The SMILES string of the molecule is c1ccc(CSc2ccccc2-c2occ3ccccc23)cc1. The Kier molecular flexibility index (Phi) is 3.91. The first-order valence-electron chi connectivity index (χ1n) is 7.64. The van der Waals surface area contributed by atoms with E-state index in [4.69, 9.17) is 4.42 Å². The summed E-state index contributed by atoms with van der Waals surface area (Å²) in [5, 5.41) is 2.31. The molecule has 0 spiro atoms. The van der Waals surface area contributed by atoms with E-state index in [1.165, 1.54) is 15.8 Å². The lowest BCUT2D eigenvalue weighted by Crippen LogP contribution is -1.83. The second kappa shape index (κ2) is 6.35. The number of fused-ring (bicyclic) bond motifs is 1. The van der Waals surface area contributed by atoms with E-state index in [9.17, 15) is 0 Å². The van der Waals surface area contributed by atoms with Crippen molar-refractivity contribution >= 4 is 22.5 Å². The fourth-order valence-corrected chi connectivity index (χ4v) is 3.72. The number of hydrogen-bond acceptors (Lipinski definition) is 2. The molecule has 0 N–H and O–H groups in total. The molecule has 0 aliphatic rings. The second-order valence-corrected chi connectivity index (χ2v) is 6.44. The van der Waals surface area contributed by atoms with Crippen LogP contribution in [0.2, 0.25) is 0 Å². The van der Waals surface area contributed by atoms with Gasteiger partial charge in [-0.25, -0.2) is 0 Å². The van der Waals surface area contributed by atoms with Crippen LogP contribution in [0.5, 0.6) is 0 Å². The van der Waals surface area contributed by atoms with Gasteiger partial charge in [-0.15, -0.1) is 11.8 Å². The van der Waals surface area contributed by atoms with Crippen molar-refractivity contribution in [1.82, 2.24) is 0 Å². The zero-order valence-electron chi connectivity index (χ0n) is 12.6. The van der Waals surface area contributed by atoms with Crippen LogP contribution in [0.15, 0.2) is 94.4 Å². The highest BCUT2D eigenvalue weighted by atomic mass is 32.2. The summed E-state index contributed by atoms with van der Waals surface area (Å²) < 4.78 is 5.88. The average molecular weight is 316 g/mol. The van der Waals surface area contributed by atoms with E-state index in [-0.39, 0.29) is 0 Å². The van der Waals surface area contributed by atoms with E-state index >= 15 is 0 Å². The van der Waals surface area contributed by atoms with Gasteiger partial charge in [0.15, 0.2) is 0 Å². The third-order valence-corrected chi connectivity index (χ3v) is 5.02. The molecule has 112 valence electrons. The van der Waals surface area contributed by atoms with Crippen LogP contribution in [-0.4, -0.2) is 0 Å². The summed E-state index contributed by atoms with van der Waals surface area (Å²) in [5.74, 6) is 1.91. The minimum Gasteiger partial charge on any atom is -0.463 e. The van der Waals surface area contributed by atoms with Crippen LogP contribution in [-0.2, 0) is 5.75 Å². The highest BCUT2D eigenvalue weighted by Gasteiger charge is 2.12. The molecule has 23 heavy (non-hydrogen) atoms. The van der Waals surface area contributed by atoms with Crippen molar-refractivity contribution in [1.29, 1.82) is 0 Å². The first kappa shape index (κ1) is 14.2. The molecule has 0 radical (unpaired) electrons. The van der Waals surface area contributed by atoms with E-state index in [1.54, 1.807) is 0 Å². The zero-order chi connectivity index (χ0) is 15.5. The van der Waals surface area contributed by atoms with Gasteiger partial charge in [0.1, 0.15) is 5.76 Å². The number of thioether (sulfide) groups is 1. The van der Waals surface area contributed by atoms with E-state index in [0.717, 1.165) is 22.5 Å². The Morgan fingerprint density at radius 1 is 0.739 bits per heavy atom. The lowest BCUT2D eigenvalue weighted by Gasteiger charge is -2.08. The monoisotopic (exact) mass is 316 g/mol. The van der Waals surface area contributed by atoms with Crippen molar-refractivity contribution in [3.05, 3.63) is 90.7 Å². The van der Waals surface area contributed by atoms with Gasteiger partial charge in [0, 0.05) is 27.0 Å². The molecular weight excluding hydrogens is 300 g/mol. The first-order chi connectivity index (χ1) is 11.4. The highest BCUT2D eigenvalue weighted by molar-refractivity contribution is 7.98. The summed E-state index contributed by atoms with van der Waals surface area (Å²) in [4.78, 5) is 1.25. The van der Waals surface area contributed by atoms with Gasteiger partial charge in [-0.1, -0.05) is 72.8 Å². The summed E-state index contributed by atoms with van der Waals surface area (Å²) >= 11 is 1.85. The summed E-state index contributed by atoms with van der Waals surface area (Å²) in [6.45, 7) is 0. The van der Waals surface area contributed by atoms with E-state index in [0.29, 0.717) is 0 Å². The maximum atomic E-state index is 5.88. The molecule has 4 rings (SSSR count). The third kappa shape index (κ3) is 2.90. The molecule has 0 aliphatic heterocycles. The Morgan fingerprint density at radius 2 is 1.48 bits per heavy atom. The van der Waals surface area contributed by atoms with Gasteiger partial charge in [-0.05, 0) is 11.6 Å². The smallest absolute Gasteiger partial charge is 0.142 e. The van der Waals surface area contributed by atoms with Crippen molar-refractivity contribution in [3.8, 4) is 11.3 Å². The van der Waals surface area contributed by atoms with Crippen molar-refractivity contribution in [2.45, 2.75) is 10.6 Å². The van der Waals surface area contributed by atoms with Crippen molar-refractivity contribution in [2.24, 2.45) is 0 Å². The zero-order valence-corrected chi connectivity index (χ0v) is 13.4. The average Bonchev–Trinajstić information content (AvgIpc) is 3.05. The molecule has 0 unspecified atom stereocenters. The van der Waals surface area contributed by atoms with Gasteiger partial charge >= 0.3 is 0 Å². The van der Waals surface area contributed by atoms with Crippen LogP contribution in [0.25, 0.3) is 22.1 Å². The number of benzene rings is 3.